The Morgan fingerprint density at radius 1 is 1.17 bits per heavy atom. The Hall–Kier alpha value is -2.65. The minimum atomic E-state index is -0.390. The van der Waals surface area contributed by atoms with Gasteiger partial charge in [0.15, 0.2) is 16.6 Å². The Labute approximate surface area is 177 Å². The van der Waals surface area contributed by atoms with Gasteiger partial charge in [-0.25, -0.2) is 14.8 Å². The molecule has 154 valence electrons. The molecule has 1 aromatic carbocycles. The molecular formula is C19H21ClN4O4S. The number of nitrogens with zero attached hydrogens (tertiary/aromatic N) is 3. The van der Waals surface area contributed by atoms with E-state index in [0.717, 1.165) is 0 Å². The third-order valence-corrected chi connectivity index (χ3v) is 5.15. The van der Waals surface area contributed by atoms with Crippen LogP contribution in [0.2, 0.25) is 5.28 Å². The molecule has 0 amide bonds. The number of fused-ring (bicyclic) bond motifs is 1. The quantitative estimate of drug-likeness (QED) is 0.423. The van der Waals surface area contributed by atoms with Crippen molar-refractivity contribution in [3.05, 3.63) is 28.0 Å². The highest BCUT2D eigenvalue weighted by atomic mass is 35.5. The Kier molecular flexibility index (Phi) is 6.39. The van der Waals surface area contributed by atoms with Crippen LogP contribution in [0.1, 0.15) is 29.2 Å². The van der Waals surface area contributed by atoms with Crippen molar-refractivity contribution in [2.75, 3.05) is 26.1 Å². The molecule has 2 heterocycles. The van der Waals surface area contributed by atoms with Crippen LogP contribution in [0, 0.1) is 12.8 Å². The molecule has 0 atom stereocenters. The molecule has 0 aliphatic carbocycles. The zero-order valence-electron chi connectivity index (χ0n) is 16.7. The molecule has 1 N–H and O–H groups in total. The van der Waals surface area contributed by atoms with Crippen molar-refractivity contribution < 1.29 is 19.0 Å². The highest BCUT2D eigenvalue weighted by Crippen LogP contribution is 2.36. The summed E-state index contributed by atoms with van der Waals surface area (Å²) in [6.07, 6.45) is 0. The molecule has 29 heavy (non-hydrogen) atoms. The maximum absolute atomic E-state index is 12.3. The van der Waals surface area contributed by atoms with Gasteiger partial charge in [-0.3, -0.25) is 0 Å². The summed E-state index contributed by atoms with van der Waals surface area (Å²) in [5.41, 5.74) is 1.16. The number of carbonyl (C=O) groups excluding carboxylic acids is 1. The second kappa shape index (κ2) is 8.79. The number of methoxy groups -OCH3 is 2. The normalized spacial score (nSPS) is 11.0. The number of anilines is 2. The maximum atomic E-state index is 12.3. The lowest BCUT2D eigenvalue weighted by atomic mass is 10.2. The van der Waals surface area contributed by atoms with Crippen LogP contribution in [-0.2, 0) is 4.74 Å². The average Bonchev–Trinajstić information content (AvgIpc) is 3.05. The Morgan fingerprint density at radius 2 is 1.86 bits per heavy atom. The largest absolute Gasteiger partial charge is 0.493 e. The number of thiazole rings is 1. The van der Waals surface area contributed by atoms with Gasteiger partial charge in [0, 0.05) is 11.5 Å². The molecule has 3 aromatic rings. The van der Waals surface area contributed by atoms with Crippen molar-refractivity contribution in [1.29, 1.82) is 0 Å². The smallest absolute Gasteiger partial charge is 0.350 e. The van der Waals surface area contributed by atoms with E-state index in [4.69, 9.17) is 25.8 Å². The van der Waals surface area contributed by atoms with E-state index in [1.165, 1.54) is 11.3 Å². The molecule has 2 aromatic heterocycles. The number of ether oxygens (including phenoxy) is 3. The van der Waals surface area contributed by atoms with E-state index in [-0.39, 0.29) is 11.2 Å². The fourth-order valence-electron chi connectivity index (χ4n) is 2.57. The summed E-state index contributed by atoms with van der Waals surface area (Å²) in [5.74, 6) is 1.37. The number of hydrogen-bond acceptors (Lipinski definition) is 9. The highest BCUT2D eigenvalue weighted by Gasteiger charge is 2.19. The summed E-state index contributed by atoms with van der Waals surface area (Å²) in [4.78, 5) is 25.7. The van der Waals surface area contributed by atoms with Crippen molar-refractivity contribution in [3.63, 3.8) is 0 Å². The SMILES string of the molecule is COc1cc2nc(Cl)nc(Nc3nc(C)c(C(=O)OCC(C)C)s3)c2cc1OC. The van der Waals surface area contributed by atoms with Gasteiger partial charge in [-0.05, 0) is 30.5 Å². The molecule has 0 unspecified atom stereocenters. The minimum absolute atomic E-state index is 0.0667. The number of hydrogen-bond donors (Lipinski definition) is 1. The monoisotopic (exact) mass is 436 g/mol. The number of aryl methyl sites for hydroxylation is 1. The first-order valence-electron chi connectivity index (χ1n) is 8.83. The fraction of sp³-hybridized carbons (Fsp3) is 0.368. The predicted molar refractivity (Wildman–Crippen MR) is 113 cm³/mol. The maximum Gasteiger partial charge on any atom is 0.350 e. The second-order valence-electron chi connectivity index (χ2n) is 6.62. The Morgan fingerprint density at radius 3 is 2.52 bits per heavy atom. The lowest BCUT2D eigenvalue weighted by Gasteiger charge is -2.11. The predicted octanol–water partition coefficient (Wildman–Crippen LogP) is 4.62. The summed E-state index contributed by atoms with van der Waals surface area (Å²) >= 11 is 7.28. The standard InChI is InChI=1S/C19H21ClN4O4S/c1-9(2)8-28-17(25)15-10(3)21-19(29-15)24-16-11-6-13(26-4)14(27-5)7-12(11)22-18(20)23-16/h6-7,9H,8H2,1-5H3,(H,21,22,23,24). The van der Waals surface area contributed by atoms with Gasteiger partial charge in [-0.2, -0.15) is 4.98 Å². The Balaban J connectivity index is 1.96. The number of rotatable bonds is 7. The minimum Gasteiger partial charge on any atom is -0.493 e. The summed E-state index contributed by atoms with van der Waals surface area (Å²) in [6, 6.07) is 3.47. The first kappa shape index (κ1) is 21.1. The van der Waals surface area contributed by atoms with E-state index >= 15 is 0 Å². The van der Waals surface area contributed by atoms with E-state index in [1.807, 2.05) is 13.8 Å². The van der Waals surface area contributed by atoms with Crippen molar-refractivity contribution in [2.24, 2.45) is 5.92 Å². The lowest BCUT2D eigenvalue weighted by molar-refractivity contribution is 0.0463. The highest BCUT2D eigenvalue weighted by molar-refractivity contribution is 7.17. The molecule has 0 radical (unpaired) electrons. The van der Waals surface area contributed by atoms with Gasteiger partial charge in [0.05, 0.1) is 32.0 Å². The van der Waals surface area contributed by atoms with Gasteiger partial charge in [0.2, 0.25) is 5.28 Å². The topological polar surface area (TPSA) is 95.5 Å². The number of aromatic nitrogens is 3. The van der Waals surface area contributed by atoms with Crippen LogP contribution < -0.4 is 14.8 Å². The van der Waals surface area contributed by atoms with Crippen LogP contribution in [0.25, 0.3) is 10.9 Å². The molecule has 8 nitrogen and oxygen atoms in total. The van der Waals surface area contributed by atoms with Crippen LogP contribution in [0.4, 0.5) is 10.9 Å². The van der Waals surface area contributed by atoms with Crippen LogP contribution in [0.15, 0.2) is 12.1 Å². The van der Waals surface area contributed by atoms with Crippen LogP contribution in [0.3, 0.4) is 0 Å². The summed E-state index contributed by atoms with van der Waals surface area (Å²) in [6.45, 7) is 6.07. The van der Waals surface area contributed by atoms with Crippen LogP contribution in [0.5, 0.6) is 11.5 Å². The molecule has 0 spiro atoms. The van der Waals surface area contributed by atoms with Crippen molar-refractivity contribution in [1.82, 2.24) is 15.0 Å². The fourth-order valence-corrected chi connectivity index (χ4v) is 3.61. The number of carbonyl (C=O) groups is 1. The number of nitrogens with one attached hydrogen (secondary N) is 1. The summed E-state index contributed by atoms with van der Waals surface area (Å²) in [7, 11) is 3.09. The van der Waals surface area contributed by atoms with Gasteiger partial charge in [0.1, 0.15) is 10.7 Å². The molecule has 0 saturated carbocycles. The van der Waals surface area contributed by atoms with E-state index < -0.39 is 5.97 Å². The van der Waals surface area contributed by atoms with Crippen molar-refractivity contribution >= 4 is 50.8 Å². The van der Waals surface area contributed by atoms with E-state index in [1.54, 1.807) is 33.3 Å². The molecule has 0 aliphatic rings. The van der Waals surface area contributed by atoms with Gasteiger partial charge in [0.25, 0.3) is 0 Å². The summed E-state index contributed by atoms with van der Waals surface area (Å²) in [5, 5.41) is 4.35. The first-order chi connectivity index (χ1) is 13.8. The van der Waals surface area contributed by atoms with Gasteiger partial charge in [-0.1, -0.05) is 25.2 Å². The molecule has 0 saturated heterocycles. The molecule has 0 bridgehead atoms. The van der Waals surface area contributed by atoms with Gasteiger partial charge >= 0.3 is 5.97 Å². The third-order valence-electron chi connectivity index (χ3n) is 3.93. The molecule has 0 fully saturated rings. The van der Waals surface area contributed by atoms with Crippen LogP contribution in [-0.4, -0.2) is 41.7 Å². The van der Waals surface area contributed by atoms with Gasteiger partial charge in [-0.15, -0.1) is 0 Å². The van der Waals surface area contributed by atoms with Crippen LogP contribution >= 0.6 is 22.9 Å². The zero-order valence-corrected chi connectivity index (χ0v) is 18.3. The molecule has 3 rings (SSSR count). The van der Waals surface area contributed by atoms with E-state index in [0.29, 0.717) is 50.5 Å². The molecule has 10 heteroatoms. The van der Waals surface area contributed by atoms with Crippen molar-refractivity contribution in [2.45, 2.75) is 20.8 Å². The third kappa shape index (κ3) is 4.68. The Bertz CT molecular complexity index is 1050. The number of esters is 1. The van der Waals surface area contributed by atoms with E-state index in [9.17, 15) is 4.79 Å². The zero-order chi connectivity index (χ0) is 21.1. The first-order valence-corrected chi connectivity index (χ1v) is 10.0. The number of halogens is 1. The van der Waals surface area contributed by atoms with Crippen molar-refractivity contribution in [3.8, 4) is 11.5 Å². The van der Waals surface area contributed by atoms with Gasteiger partial charge < -0.3 is 19.5 Å². The molecular weight excluding hydrogens is 416 g/mol. The van der Waals surface area contributed by atoms with E-state index in [2.05, 4.69) is 20.3 Å². The number of benzene rings is 1. The molecule has 0 aliphatic heterocycles. The summed E-state index contributed by atoms with van der Waals surface area (Å²) < 4.78 is 16.0. The average molecular weight is 437 g/mol. The lowest BCUT2D eigenvalue weighted by Crippen LogP contribution is -2.09. The second-order valence-corrected chi connectivity index (χ2v) is 7.95.